The van der Waals surface area contributed by atoms with E-state index in [1.807, 2.05) is 12.1 Å². The normalized spacial score (nSPS) is 10.7. The number of anilines is 1. The van der Waals surface area contributed by atoms with Crippen LogP contribution >= 0.6 is 39.1 Å². The quantitative estimate of drug-likeness (QED) is 0.225. The summed E-state index contributed by atoms with van der Waals surface area (Å²) in [5.74, 6) is -0.00996. The molecule has 0 bridgehead atoms. The predicted molar refractivity (Wildman–Crippen MR) is 126 cm³/mol. The van der Waals surface area contributed by atoms with Crippen molar-refractivity contribution in [2.24, 2.45) is 0 Å². The molecule has 158 valence electrons. The highest BCUT2D eigenvalue weighted by atomic mass is 79.9. The summed E-state index contributed by atoms with van der Waals surface area (Å²) in [4.78, 5) is 24.5. The van der Waals surface area contributed by atoms with Gasteiger partial charge in [0, 0.05) is 26.7 Å². The Kier molecular flexibility index (Phi) is 7.74. The molecule has 0 radical (unpaired) electrons. The van der Waals surface area contributed by atoms with E-state index in [4.69, 9.17) is 32.7 Å². The number of hydrogen-bond donors (Lipinski definition) is 1. The Morgan fingerprint density at radius 3 is 2.45 bits per heavy atom. The van der Waals surface area contributed by atoms with Crippen LogP contribution in [-0.2, 0) is 4.79 Å². The van der Waals surface area contributed by atoms with Crippen LogP contribution in [0.5, 0.6) is 11.5 Å². The number of hydrogen-bond acceptors (Lipinski definition) is 4. The number of carbonyl (C=O) groups excluding carboxylic acids is 2. The lowest BCUT2D eigenvalue weighted by molar-refractivity contribution is -0.128. The molecule has 0 heterocycles. The van der Waals surface area contributed by atoms with E-state index < -0.39 is 5.97 Å². The van der Waals surface area contributed by atoms with E-state index in [9.17, 15) is 9.59 Å². The van der Waals surface area contributed by atoms with Crippen molar-refractivity contribution in [3.63, 3.8) is 0 Å². The third-order valence-corrected chi connectivity index (χ3v) is 5.16. The van der Waals surface area contributed by atoms with Gasteiger partial charge in [-0.3, -0.25) is 4.79 Å². The van der Waals surface area contributed by atoms with Crippen LogP contribution in [-0.4, -0.2) is 19.0 Å². The first-order valence-electron chi connectivity index (χ1n) is 8.95. The summed E-state index contributed by atoms with van der Waals surface area (Å²) in [6, 6.07) is 16.4. The van der Waals surface area contributed by atoms with Gasteiger partial charge in [0.2, 0.25) is 0 Å². The minimum absolute atomic E-state index is 0.299. The van der Waals surface area contributed by atoms with Gasteiger partial charge in [-0.15, -0.1) is 0 Å². The molecule has 0 saturated carbocycles. The standard InChI is InChI=1S/C23H16BrCl2NO4/c1-30-21-10-5-16(24)12-15(21)4-11-22(28)31-18-7-2-14(3-8-18)23(29)27-20-13-17(25)6-9-19(20)26/h2-13H,1H3,(H,27,29)/b11-4+. The zero-order valence-corrected chi connectivity index (χ0v) is 19.3. The van der Waals surface area contributed by atoms with Crippen LogP contribution in [0.15, 0.2) is 71.2 Å². The number of nitrogens with one attached hydrogen (secondary N) is 1. The topological polar surface area (TPSA) is 64.6 Å². The summed E-state index contributed by atoms with van der Waals surface area (Å²) in [5, 5.41) is 3.52. The van der Waals surface area contributed by atoms with Crippen molar-refractivity contribution in [2.45, 2.75) is 0 Å². The molecule has 0 fully saturated rings. The second-order valence-electron chi connectivity index (χ2n) is 6.24. The first-order chi connectivity index (χ1) is 14.9. The maximum atomic E-state index is 12.4. The Bertz CT molecular complexity index is 1150. The van der Waals surface area contributed by atoms with E-state index in [-0.39, 0.29) is 5.91 Å². The number of halogens is 3. The molecule has 8 heteroatoms. The molecule has 1 N–H and O–H groups in total. The number of benzene rings is 3. The Hall–Kier alpha value is -2.80. The molecule has 0 atom stereocenters. The number of ether oxygens (including phenoxy) is 2. The summed E-state index contributed by atoms with van der Waals surface area (Å²) < 4.78 is 11.4. The van der Waals surface area contributed by atoms with E-state index in [2.05, 4.69) is 21.2 Å². The van der Waals surface area contributed by atoms with Crippen molar-refractivity contribution >= 4 is 62.8 Å². The van der Waals surface area contributed by atoms with E-state index in [1.165, 1.54) is 30.3 Å². The van der Waals surface area contributed by atoms with Crippen LogP contribution in [0.25, 0.3) is 6.08 Å². The zero-order chi connectivity index (χ0) is 22.4. The summed E-state index contributed by atoms with van der Waals surface area (Å²) in [7, 11) is 1.55. The van der Waals surface area contributed by atoms with Gasteiger partial charge in [0.15, 0.2) is 0 Å². The number of carbonyl (C=O) groups is 2. The average Bonchev–Trinajstić information content (AvgIpc) is 2.75. The van der Waals surface area contributed by atoms with Crippen LogP contribution in [0.4, 0.5) is 5.69 Å². The minimum Gasteiger partial charge on any atom is -0.496 e. The van der Waals surface area contributed by atoms with Crippen LogP contribution in [0, 0.1) is 0 Å². The van der Waals surface area contributed by atoms with Crippen LogP contribution in [0.3, 0.4) is 0 Å². The third kappa shape index (κ3) is 6.34. The lowest BCUT2D eigenvalue weighted by Crippen LogP contribution is -2.12. The molecule has 3 aromatic carbocycles. The third-order valence-electron chi connectivity index (χ3n) is 4.10. The zero-order valence-electron chi connectivity index (χ0n) is 16.2. The molecule has 31 heavy (non-hydrogen) atoms. The molecule has 0 spiro atoms. The molecular formula is C23H16BrCl2NO4. The molecule has 0 aromatic heterocycles. The molecule has 0 saturated heterocycles. The number of rotatable bonds is 6. The van der Waals surface area contributed by atoms with E-state index in [1.54, 1.807) is 37.5 Å². The first-order valence-corrected chi connectivity index (χ1v) is 10.5. The van der Waals surface area contributed by atoms with Gasteiger partial charge in [-0.25, -0.2) is 4.79 Å². The molecule has 3 aromatic rings. The fraction of sp³-hybridized carbons (Fsp3) is 0.0435. The SMILES string of the molecule is COc1ccc(Br)cc1/C=C/C(=O)Oc1ccc(C(=O)Nc2cc(Cl)ccc2Cl)cc1. The van der Waals surface area contributed by atoms with Gasteiger partial charge in [-0.1, -0.05) is 39.1 Å². The summed E-state index contributed by atoms with van der Waals surface area (Å²) in [6.45, 7) is 0. The summed E-state index contributed by atoms with van der Waals surface area (Å²) in [5.41, 5.74) is 1.49. The minimum atomic E-state index is -0.565. The van der Waals surface area contributed by atoms with Crippen molar-refractivity contribution in [3.05, 3.63) is 92.4 Å². The Morgan fingerprint density at radius 2 is 1.74 bits per heavy atom. The molecule has 0 aliphatic carbocycles. The van der Waals surface area contributed by atoms with E-state index in [0.29, 0.717) is 32.8 Å². The fourth-order valence-electron chi connectivity index (χ4n) is 2.61. The predicted octanol–water partition coefficient (Wildman–Crippen LogP) is 6.64. The smallest absolute Gasteiger partial charge is 0.336 e. The molecule has 0 unspecified atom stereocenters. The van der Waals surface area contributed by atoms with Gasteiger partial charge in [0.25, 0.3) is 5.91 Å². The van der Waals surface area contributed by atoms with E-state index >= 15 is 0 Å². The van der Waals surface area contributed by atoms with Gasteiger partial charge >= 0.3 is 5.97 Å². The van der Waals surface area contributed by atoms with Gasteiger partial charge in [0.1, 0.15) is 11.5 Å². The fourth-order valence-corrected chi connectivity index (χ4v) is 3.32. The average molecular weight is 521 g/mol. The van der Waals surface area contributed by atoms with Gasteiger partial charge in [-0.05, 0) is 66.7 Å². The number of methoxy groups -OCH3 is 1. The van der Waals surface area contributed by atoms with Crippen LogP contribution < -0.4 is 14.8 Å². The van der Waals surface area contributed by atoms with Crippen molar-refractivity contribution < 1.29 is 19.1 Å². The Balaban J connectivity index is 1.63. The maximum Gasteiger partial charge on any atom is 0.336 e. The highest BCUT2D eigenvalue weighted by Crippen LogP contribution is 2.26. The van der Waals surface area contributed by atoms with Gasteiger partial charge < -0.3 is 14.8 Å². The highest BCUT2D eigenvalue weighted by Gasteiger charge is 2.10. The second kappa shape index (κ2) is 10.5. The molecule has 0 aliphatic rings. The van der Waals surface area contributed by atoms with E-state index in [0.717, 1.165) is 10.0 Å². The van der Waals surface area contributed by atoms with Crippen molar-refractivity contribution in [1.82, 2.24) is 0 Å². The molecular weight excluding hydrogens is 505 g/mol. The maximum absolute atomic E-state index is 12.4. The van der Waals surface area contributed by atoms with Crippen LogP contribution in [0.1, 0.15) is 15.9 Å². The largest absolute Gasteiger partial charge is 0.496 e. The lowest BCUT2D eigenvalue weighted by atomic mass is 10.2. The Labute approximate surface area is 197 Å². The molecule has 5 nitrogen and oxygen atoms in total. The van der Waals surface area contributed by atoms with Crippen molar-refractivity contribution in [3.8, 4) is 11.5 Å². The lowest BCUT2D eigenvalue weighted by Gasteiger charge is -2.08. The monoisotopic (exact) mass is 519 g/mol. The summed E-state index contributed by atoms with van der Waals surface area (Å²) >= 11 is 15.4. The van der Waals surface area contributed by atoms with Gasteiger partial charge in [-0.2, -0.15) is 0 Å². The molecule has 0 aliphatic heterocycles. The van der Waals surface area contributed by atoms with Crippen LogP contribution in [0.2, 0.25) is 10.0 Å². The van der Waals surface area contributed by atoms with Crippen molar-refractivity contribution in [1.29, 1.82) is 0 Å². The molecule has 1 amide bonds. The highest BCUT2D eigenvalue weighted by molar-refractivity contribution is 9.10. The molecule has 3 rings (SSSR count). The number of amides is 1. The van der Waals surface area contributed by atoms with Gasteiger partial charge in [0.05, 0.1) is 17.8 Å². The first kappa shape index (κ1) is 22.9. The summed E-state index contributed by atoms with van der Waals surface area (Å²) in [6.07, 6.45) is 2.90. The Morgan fingerprint density at radius 1 is 1.00 bits per heavy atom. The second-order valence-corrected chi connectivity index (χ2v) is 8.00. The number of esters is 1. The van der Waals surface area contributed by atoms with Crippen molar-refractivity contribution in [2.75, 3.05) is 12.4 Å².